The third kappa shape index (κ3) is 7.67. The standard InChI is InChI=1S/C24H33N3O4.HI/c1-2-9-23-21(8-1)22(11-17-31-23)27-24(26-13-10-19-6-3-15-29-19)25-12-5-14-28-18-20-7-4-16-30-20;/h1-3,6,8-9,15,20,22H,4-5,7,10-14,16-18H2,(H2,25,26,27);1H. The molecule has 2 unspecified atom stereocenters. The third-order valence-electron chi connectivity index (χ3n) is 5.56. The van der Waals surface area contributed by atoms with Crippen molar-refractivity contribution in [2.45, 2.75) is 44.2 Å². The van der Waals surface area contributed by atoms with E-state index in [9.17, 15) is 0 Å². The molecule has 2 N–H and O–H groups in total. The van der Waals surface area contributed by atoms with Crippen LogP contribution in [0, 0.1) is 0 Å². The fourth-order valence-corrected chi connectivity index (χ4v) is 3.92. The minimum absolute atomic E-state index is 0. The first-order chi connectivity index (χ1) is 15.4. The Balaban J connectivity index is 0.00000289. The topological polar surface area (TPSA) is 77.3 Å². The highest BCUT2D eigenvalue weighted by atomic mass is 127. The van der Waals surface area contributed by atoms with E-state index < -0.39 is 0 Å². The van der Waals surface area contributed by atoms with Crippen molar-refractivity contribution in [2.24, 2.45) is 4.99 Å². The molecule has 2 atom stereocenters. The second-order valence-electron chi connectivity index (χ2n) is 7.92. The van der Waals surface area contributed by atoms with Gasteiger partial charge in [0.2, 0.25) is 0 Å². The Kier molecular flexibility index (Phi) is 10.6. The van der Waals surface area contributed by atoms with Crippen molar-refractivity contribution in [3.63, 3.8) is 0 Å². The maximum atomic E-state index is 5.79. The zero-order valence-corrected chi connectivity index (χ0v) is 20.8. The molecule has 1 aromatic carbocycles. The van der Waals surface area contributed by atoms with Crippen molar-refractivity contribution in [3.8, 4) is 5.75 Å². The van der Waals surface area contributed by atoms with Gasteiger partial charge in [0.05, 0.1) is 31.6 Å². The summed E-state index contributed by atoms with van der Waals surface area (Å²) in [5, 5.41) is 7.04. The molecule has 3 heterocycles. The molecular formula is C24H34IN3O4. The first-order valence-electron chi connectivity index (χ1n) is 11.4. The van der Waals surface area contributed by atoms with Crippen LogP contribution in [0.5, 0.6) is 5.75 Å². The first kappa shape index (κ1) is 24.9. The fourth-order valence-electron chi connectivity index (χ4n) is 3.92. The maximum absolute atomic E-state index is 5.79. The number of fused-ring (bicyclic) bond motifs is 1. The van der Waals surface area contributed by atoms with Crippen LogP contribution < -0.4 is 15.4 Å². The number of ether oxygens (including phenoxy) is 3. The molecule has 2 aliphatic heterocycles. The molecule has 8 heteroatoms. The van der Waals surface area contributed by atoms with Crippen molar-refractivity contribution < 1.29 is 18.6 Å². The molecule has 1 saturated heterocycles. The molecule has 32 heavy (non-hydrogen) atoms. The lowest BCUT2D eigenvalue weighted by atomic mass is 10.0. The quantitative estimate of drug-likeness (QED) is 0.199. The molecule has 0 bridgehead atoms. The molecule has 176 valence electrons. The number of halogens is 1. The minimum atomic E-state index is 0. The average molecular weight is 555 g/mol. The summed E-state index contributed by atoms with van der Waals surface area (Å²) >= 11 is 0. The average Bonchev–Trinajstić information content (AvgIpc) is 3.50. The van der Waals surface area contributed by atoms with Gasteiger partial charge in [-0.1, -0.05) is 18.2 Å². The van der Waals surface area contributed by atoms with Crippen LogP contribution in [-0.4, -0.2) is 51.6 Å². The summed E-state index contributed by atoms with van der Waals surface area (Å²) in [6.07, 6.45) is 6.83. The van der Waals surface area contributed by atoms with Crippen molar-refractivity contribution in [1.29, 1.82) is 0 Å². The monoisotopic (exact) mass is 555 g/mol. The number of nitrogens with zero attached hydrogens (tertiary/aromatic N) is 1. The van der Waals surface area contributed by atoms with E-state index in [-0.39, 0.29) is 36.1 Å². The molecule has 0 radical (unpaired) electrons. The zero-order chi connectivity index (χ0) is 21.1. The Hall–Kier alpha value is -1.78. The molecular weight excluding hydrogens is 521 g/mol. The normalized spacial score (nSPS) is 20.2. The molecule has 0 spiro atoms. The molecule has 1 fully saturated rings. The molecule has 0 saturated carbocycles. The van der Waals surface area contributed by atoms with E-state index in [4.69, 9.17) is 23.6 Å². The second-order valence-corrected chi connectivity index (χ2v) is 7.92. The van der Waals surface area contributed by atoms with Gasteiger partial charge in [-0.3, -0.25) is 4.99 Å². The van der Waals surface area contributed by atoms with Crippen LogP contribution in [0.15, 0.2) is 52.1 Å². The molecule has 0 aliphatic carbocycles. The Morgan fingerprint density at radius 3 is 2.91 bits per heavy atom. The molecule has 2 aromatic rings. The predicted octanol–water partition coefficient (Wildman–Crippen LogP) is 4.08. The van der Waals surface area contributed by atoms with Gasteiger partial charge in [-0.2, -0.15) is 0 Å². The number of hydrogen-bond acceptors (Lipinski definition) is 5. The molecule has 1 aromatic heterocycles. The fraction of sp³-hybridized carbons (Fsp3) is 0.542. The summed E-state index contributed by atoms with van der Waals surface area (Å²) in [5.41, 5.74) is 1.18. The largest absolute Gasteiger partial charge is 0.493 e. The van der Waals surface area contributed by atoms with E-state index in [2.05, 4.69) is 22.8 Å². The van der Waals surface area contributed by atoms with E-state index in [1.54, 1.807) is 6.26 Å². The van der Waals surface area contributed by atoms with Crippen LogP contribution in [-0.2, 0) is 15.9 Å². The van der Waals surface area contributed by atoms with Gasteiger partial charge in [-0.25, -0.2) is 0 Å². The Morgan fingerprint density at radius 2 is 2.06 bits per heavy atom. The third-order valence-corrected chi connectivity index (χ3v) is 5.56. The summed E-state index contributed by atoms with van der Waals surface area (Å²) in [5.74, 6) is 2.72. The lowest BCUT2D eigenvalue weighted by Gasteiger charge is -2.28. The summed E-state index contributed by atoms with van der Waals surface area (Å²) in [6, 6.07) is 12.3. The summed E-state index contributed by atoms with van der Waals surface area (Å²) in [6.45, 7) is 4.40. The van der Waals surface area contributed by atoms with Crippen LogP contribution >= 0.6 is 24.0 Å². The first-order valence-corrected chi connectivity index (χ1v) is 11.4. The smallest absolute Gasteiger partial charge is 0.191 e. The summed E-state index contributed by atoms with van der Waals surface area (Å²) in [4.78, 5) is 4.79. The SMILES string of the molecule is I.c1coc(CCNC(=NCCCOCC2CCCO2)NC2CCOc3ccccc32)c1. The molecule has 2 aliphatic rings. The highest BCUT2D eigenvalue weighted by Crippen LogP contribution is 2.31. The number of benzene rings is 1. The van der Waals surface area contributed by atoms with Crippen molar-refractivity contribution in [3.05, 3.63) is 54.0 Å². The number of nitrogens with one attached hydrogen (secondary N) is 2. The lowest BCUT2D eigenvalue weighted by Crippen LogP contribution is -2.42. The highest BCUT2D eigenvalue weighted by Gasteiger charge is 2.22. The molecule has 0 amide bonds. The van der Waals surface area contributed by atoms with Gasteiger partial charge in [-0.05, 0) is 37.5 Å². The van der Waals surface area contributed by atoms with Gasteiger partial charge in [0.15, 0.2) is 5.96 Å². The minimum Gasteiger partial charge on any atom is -0.493 e. The van der Waals surface area contributed by atoms with Crippen LogP contribution in [0.3, 0.4) is 0 Å². The van der Waals surface area contributed by atoms with Crippen LogP contribution in [0.25, 0.3) is 0 Å². The number of para-hydroxylation sites is 1. The van der Waals surface area contributed by atoms with Crippen LogP contribution in [0.1, 0.15) is 43.0 Å². The number of rotatable bonds is 10. The molecule has 7 nitrogen and oxygen atoms in total. The number of hydrogen-bond donors (Lipinski definition) is 2. The number of aliphatic imine (C=N–C) groups is 1. The summed E-state index contributed by atoms with van der Waals surface area (Å²) < 4.78 is 22.6. The van der Waals surface area contributed by atoms with Gasteiger partial charge < -0.3 is 29.3 Å². The molecule has 4 rings (SSSR count). The Bertz CT molecular complexity index is 809. The number of furan rings is 1. The Labute approximate surface area is 207 Å². The van der Waals surface area contributed by atoms with Gasteiger partial charge in [0.25, 0.3) is 0 Å². The van der Waals surface area contributed by atoms with E-state index in [1.807, 2.05) is 24.3 Å². The number of guanidine groups is 1. The predicted molar refractivity (Wildman–Crippen MR) is 135 cm³/mol. The maximum Gasteiger partial charge on any atom is 0.191 e. The zero-order valence-electron chi connectivity index (χ0n) is 18.5. The van der Waals surface area contributed by atoms with Crippen molar-refractivity contribution in [1.82, 2.24) is 10.6 Å². The van der Waals surface area contributed by atoms with Gasteiger partial charge in [0, 0.05) is 44.7 Å². The van der Waals surface area contributed by atoms with E-state index in [0.717, 1.165) is 62.7 Å². The van der Waals surface area contributed by atoms with Gasteiger partial charge in [0.1, 0.15) is 11.5 Å². The van der Waals surface area contributed by atoms with Gasteiger partial charge >= 0.3 is 0 Å². The van der Waals surface area contributed by atoms with E-state index >= 15 is 0 Å². The van der Waals surface area contributed by atoms with Crippen LogP contribution in [0.4, 0.5) is 0 Å². The van der Waals surface area contributed by atoms with Crippen molar-refractivity contribution in [2.75, 3.05) is 39.5 Å². The van der Waals surface area contributed by atoms with E-state index in [1.165, 1.54) is 5.56 Å². The highest BCUT2D eigenvalue weighted by molar-refractivity contribution is 14.0. The summed E-state index contributed by atoms with van der Waals surface area (Å²) in [7, 11) is 0. The van der Waals surface area contributed by atoms with Crippen LogP contribution in [0.2, 0.25) is 0 Å². The van der Waals surface area contributed by atoms with Crippen molar-refractivity contribution >= 4 is 29.9 Å². The Morgan fingerprint density at radius 1 is 1.12 bits per heavy atom. The lowest BCUT2D eigenvalue weighted by molar-refractivity contribution is 0.0171. The second kappa shape index (κ2) is 13.7. The van der Waals surface area contributed by atoms with E-state index in [0.29, 0.717) is 26.4 Å². The van der Waals surface area contributed by atoms with Gasteiger partial charge in [-0.15, -0.1) is 24.0 Å².